The third-order valence-corrected chi connectivity index (χ3v) is 4.16. The van der Waals surface area contributed by atoms with Gasteiger partial charge in [0.05, 0.1) is 6.54 Å². The third kappa shape index (κ3) is 2.69. The van der Waals surface area contributed by atoms with Crippen molar-refractivity contribution in [2.75, 3.05) is 37.6 Å². The lowest BCUT2D eigenvalue weighted by molar-refractivity contribution is -0.128. The minimum absolute atomic E-state index is 0.0765. The highest BCUT2D eigenvalue weighted by Crippen LogP contribution is 2.19. The number of urea groups is 1. The Bertz CT molecular complexity index is 551. The quantitative estimate of drug-likeness (QED) is 0.662. The molecule has 0 aliphatic carbocycles. The van der Waals surface area contributed by atoms with Crippen LogP contribution in [-0.2, 0) is 4.79 Å². The predicted molar refractivity (Wildman–Crippen MR) is 84.5 cm³/mol. The summed E-state index contributed by atoms with van der Waals surface area (Å²) >= 11 is 0. The van der Waals surface area contributed by atoms with Crippen LogP contribution < -0.4 is 10.2 Å². The second-order valence-electron chi connectivity index (χ2n) is 5.43. The summed E-state index contributed by atoms with van der Waals surface area (Å²) in [6, 6.07) is 9.92. The standard InChI is InChI=1S/C16H20N4O2/c1-2-14(20-15(21)12-17-16(20)22)19-10-8-18(9-11-19)13-6-4-3-5-7-13/h2-7,14H,1,8-12H2,(H,17,22). The fourth-order valence-corrected chi connectivity index (χ4v) is 3.00. The van der Waals surface area contributed by atoms with E-state index < -0.39 is 0 Å². The van der Waals surface area contributed by atoms with Gasteiger partial charge < -0.3 is 10.2 Å². The van der Waals surface area contributed by atoms with Gasteiger partial charge in [-0.3, -0.25) is 9.69 Å². The van der Waals surface area contributed by atoms with Gasteiger partial charge in [0.2, 0.25) is 0 Å². The van der Waals surface area contributed by atoms with Gasteiger partial charge in [-0.25, -0.2) is 9.69 Å². The Hall–Kier alpha value is -2.34. The van der Waals surface area contributed by atoms with Crippen molar-refractivity contribution in [3.8, 4) is 0 Å². The molecule has 0 saturated carbocycles. The lowest BCUT2D eigenvalue weighted by atomic mass is 10.2. The van der Waals surface area contributed by atoms with Crippen LogP contribution in [0.5, 0.6) is 0 Å². The van der Waals surface area contributed by atoms with Gasteiger partial charge in [-0.15, -0.1) is 0 Å². The number of para-hydroxylation sites is 1. The van der Waals surface area contributed by atoms with Crippen molar-refractivity contribution in [2.45, 2.75) is 6.17 Å². The first-order valence-corrected chi connectivity index (χ1v) is 7.47. The van der Waals surface area contributed by atoms with Gasteiger partial charge in [0, 0.05) is 31.9 Å². The Morgan fingerprint density at radius 3 is 2.32 bits per heavy atom. The largest absolute Gasteiger partial charge is 0.369 e. The van der Waals surface area contributed by atoms with Crippen LogP contribution in [0, 0.1) is 0 Å². The van der Waals surface area contributed by atoms with Crippen molar-refractivity contribution in [3.63, 3.8) is 0 Å². The molecule has 0 aromatic heterocycles. The van der Waals surface area contributed by atoms with Crippen molar-refractivity contribution in [2.24, 2.45) is 0 Å². The van der Waals surface area contributed by atoms with E-state index in [4.69, 9.17) is 0 Å². The molecule has 116 valence electrons. The number of nitrogens with one attached hydrogen (secondary N) is 1. The maximum atomic E-state index is 11.9. The smallest absolute Gasteiger partial charge is 0.326 e. The molecule has 22 heavy (non-hydrogen) atoms. The molecule has 0 radical (unpaired) electrons. The number of rotatable bonds is 4. The zero-order valence-corrected chi connectivity index (χ0v) is 12.4. The molecule has 0 spiro atoms. The van der Waals surface area contributed by atoms with Crippen LogP contribution >= 0.6 is 0 Å². The molecule has 1 aromatic carbocycles. The number of hydrogen-bond acceptors (Lipinski definition) is 4. The number of benzene rings is 1. The van der Waals surface area contributed by atoms with E-state index in [-0.39, 0.29) is 24.6 Å². The Morgan fingerprint density at radius 2 is 1.77 bits per heavy atom. The summed E-state index contributed by atoms with van der Waals surface area (Å²) in [5.41, 5.74) is 1.20. The number of hydrogen-bond donors (Lipinski definition) is 1. The molecule has 2 aliphatic heterocycles. The summed E-state index contributed by atoms with van der Waals surface area (Å²) in [5.74, 6) is -0.194. The van der Waals surface area contributed by atoms with Gasteiger partial charge in [-0.05, 0) is 12.1 Å². The van der Waals surface area contributed by atoms with Crippen LogP contribution in [-0.4, -0.2) is 60.6 Å². The number of nitrogens with zero attached hydrogens (tertiary/aromatic N) is 3. The highest BCUT2D eigenvalue weighted by Gasteiger charge is 2.37. The van der Waals surface area contributed by atoms with E-state index in [1.807, 2.05) is 18.2 Å². The van der Waals surface area contributed by atoms with E-state index in [9.17, 15) is 9.59 Å². The molecule has 2 aliphatic rings. The van der Waals surface area contributed by atoms with Crippen LogP contribution in [0.15, 0.2) is 43.0 Å². The summed E-state index contributed by atoms with van der Waals surface area (Å²) in [4.78, 5) is 29.4. The van der Waals surface area contributed by atoms with E-state index in [0.29, 0.717) is 0 Å². The topological polar surface area (TPSA) is 55.9 Å². The summed E-state index contributed by atoms with van der Waals surface area (Å²) < 4.78 is 0. The fourth-order valence-electron chi connectivity index (χ4n) is 3.00. The zero-order chi connectivity index (χ0) is 15.5. The van der Waals surface area contributed by atoms with Gasteiger partial charge >= 0.3 is 6.03 Å². The lowest BCUT2D eigenvalue weighted by Gasteiger charge is -2.41. The van der Waals surface area contributed by atoms with Gasteiger partial charge in [0.25, 0.3) is 5.91 Å². The first-order valence-electron chi connectivity index (χ1n) is 7.47. The molecule has 1 unspecified atom stereocenters. The molecular formula is C16H20N4O2. The molecule has 1 N–H and O–H groups in total. The van der Waals surface area contributed by atoms with Crippen molar-refractivity contribution in [1.82, 2.24) is 15.1 Å². The van der Waals surface area contributed by atoms with E-state index in [0.717, 1.165) is 26.2 Å². The minimum atomic E-state index is -0.368. The fraction of sp³-hybridized carbons (Fsp3) is 0.375. The maximum absolute atomic E-state index is 11.9. The van der Waals surface area contributed by atoms with Gasteiger partial charge in [0.1, 0.15) is 6.17 Å². The highest BCUT2D eigenvalue weighted by atomic mass is 16.2. The Labute approximate surface area is 130 Å². The summed E-state index contributed by atoms with van der Waals surface area (Å²) in [7, 11) is 0. The van der Waals surface area contributed by atoms with E-state index >= 15 is 0 Å². The Balaban J connectivity index is 1.66. The van der Waals surface area contributed by atoms with Crippen LogP contribution in [0.1, 0.15) is 0 Å². The second-order valence-corrected chi connectivity index (χ2v) is 5.43. The predicted octanol–water partition coefficient (Wildman–Crippen LogP) is 0.873. The molecule has 1 aromatic rings. The number of carbonyl (C=O) groups is 2. The Kier molecular flexibility index (Phi) is 4.11. The molecule has 3 amide bonds. The van der Waals surface area contributed by atoms with Crippen molar-refractivity contribution >= 4 is 17.6 Å². The number of piperazine rings is 1. The van der Waals surface area contributed by atoms with Crippen LogP contribution in [0.25, 0.3) is 0 Å². The van der Waals surface area contributed by atoms with E-state index in [1.165, 1.54) is 10.6 Å². The normalized spacial score (nSPS) is 20.9. The number of anilines is 1. The van der Waals surface area contributed by atoms with Gasteiger partial charge in [-0.2, -0.15) is 0 Å². The highest BCUT2D eigenvalue weighted by molar-refractivity contribution is 6.02. The molecule has 0 bridgehead atoms. The zero-order valence-electron chi connectivity index (χ0n) is 12.4. The average molecular weight is 300 g/mol. The summed E-state index contributed by atoms with van der Waals surface area (Å²) in [5, 5.41) is 2.56. The van der Waals surface area contributed by atoms with Gasteiger partial charge in [0.15, 0.2) is 0 Å². The third-order valence-electron chi connectivity index (χ3n) is 4.16. The van der Waals surface area contributed by atoms with Crippen LogP contribution in [0.2, 0.25) is 0 Å². The van der Waals surface area contributed by atoms with Crippen molar-refractivity contribution in [3.05, 3.63) is 43.0 Å². The number of carbonyl (C=O) groups excluding carboxylic acids is 2. The molecule has 2 fully saturated rings. The SMILES string of the molecule is C=CC(N1CCN(c2ccccc2)CC1)N1C(=O)CNC1=O. The first kappa shape index (κ1) is 14.6. The monoisotopic (exact) mass is 300 g/mol. The maximum Gasteiger partial charge on any atom is 0.326 e. The van der Waals surface area contributed by atoms with Crippen molar-refractivity contribution < 1.29 is 9.59 Å². The molecule has 3 rings (SSSR count). The first-order chi connectivity index (χ1) is 10.7. The molecule has 2 saturated heterocycles. The van der Waals surface area contributed by atoms with E-state index in [2.05, 4.69) is 33.8 Å². The second kappa shape index (κ2) is 6.19. The van der Waals surface area contributed by atoms with Crippen molar-refractivity contribution in [1.29, 1.82) is 0 Å². The summed E-state index contributed by atoms with van der Waals surface area (Å²) in [6.07, 6.45) is 1.30. The van der Waals surface area contributed by atoms with Crippen LogP contribution in [0.3, 0.4) is 0 Å². The minimum Gasteiger partial charge on any atom is -0.369 e. The number of amides is 3. The van der Waals surface area contributed by atoms with Gasteiger partial charge in [-0.1, -0.05) is 30.9 Å². The summed E-state index contributed by atoms with van der Waals surface area (Å²) in [6.45, 7) is 7.15. The molecule has 6 heteroatoms. The Morgan fingerprint density at radius 1 is 1.09 bits per heavy atom. The molecule has 6 nitrogen and oxygen atoms in total. The molecule has 1 atom stereocenters. The average Bonchev–Trinajstić information content (AvgIpc) is 2.90. The molecule has 2 heterocycles. The number of imide groups is 1. The van der Waals surface area contributed by atoms with Crippen LogP contribution in [0.4, 0.5) is 10.5 Å². The van der Waals surface area contributed by atoms with E-state index in [1.54, 1.807) is 6.08 Å². The molecular weight excluding hydrogens is 280 g/mol. The lowest BCUT2D eigenvalue weighted by Crippen LogP contribution is -2.56.